The first-order chi connectivity index (χ1) is 6.27. The predicted molar refractivity (Wildman–Crippen MR) is 48.8 cm³/mol. The highest BCUT2D eigenvalue weighted by Crippen LogP contribution is 2.23. The van der Waals surface area contributed by atoms with Crippen LogP contribution in [0, 0.1) is 0 Å². The van der Waals surface area contributed by atoms with Crippen LogP contribution in [0.25, 0.3) is 6.08 Å². The van der Waals surface area contributed by atoms with Crippen molar-refractivity contribution in [2.24, 2.45) is 0 Å². The minimum atomic E-state index is -0.925. The maximum absolute atomic E-state index is 10.6. The van der Waals surface area contributed by atoms with Gasteiger partial charge in [-0.1, -0.05) is 12.1 Å². The lowest BCUT2D eigenvalue weighted by molar-refractivity contribution is 0.0697. The molecule has 0 bridgehead atoms. The first-order valence-electron chi connectivity index (χ1n) is 3.81. The van der Waals surface area contributed by atoms with Crippen molar-refractivity contribution in [3.63, 3.8) is 0 Å². The molecule has 0 saturated heterocycles. The Morgan fingerprint density at radius 2 is 2.31 bits per heavy atom. The van der Waals surface area contributed by atoms with Gasteiger partial charge in [-0.25, -0.2) is 4.79 Å². The van der Waals surface area contributed by atoms with Crippen LogP contribution in [0.3, 0.4) is 0 Å². The van der Waals surface area contributed by atoms with Gasteiger partial charge in [-0.2, -0.15) is 0 Å². The van der Waals surface area contributed by atoms with Gasteiger partial charge in [0.25, 0.3) is 0 Å². The zero-order valence-corrected chi connectivity index (χ0v) is 6.73. The largest absolute Gasteiger partial charge is 0.558 e. The Hall–Kier alpha value is -1.71. The van der Waals surface area contributed by atoms with Crippen LogP contribution in [-0.4, -0.2) is 18.6 Å². The zero-order chi connectivity index (χ0) is 9.26. The van der Waals surface area contributed by atoms with Gasteiger partial charge in [0.15, 0.2) is 0 Å². The van der Waals surface area contributed by atoms with Gasteiger partial charge in [-0.05, 0) is 18.2 Å². The number of hydrogen-bond donors (Lipinski definition) is 1. The quantitative estimate of drug-likeness (QED) is 0.652. The molecule has 1 radical (unpaired) electrons. The second kappa shape index (κ2) is 2.97. The van der Waals surface area contributed by atoms with Crippen LogP contribution in [0.2, 0.25) is 0 Å². The fourth-order valence-electron chi connectivity index (χ4n) is 1.17. The molecule has 0 unspecified atom stereocenters. The Balaban J connectivity index is 2.48. The molecule has 1 aromatic rings. The van der Waals surface area contributed by atoms with Crippen LogP contribution in [0.15, 0.2) is 24.2 Å². The van der Waals surface area contributed by atoms with Gasteiger partial charge in [0.1, 0.15) is 5.75 Å². The number of fused-ring (bicyclic) bond motifs is 1. The molecule has 1 N–H and O–H groups in total. The maximum atomic E-state index is 10.6. The number of rotatable bonds is 1. The molecular formula is C9H6BO3. The predicted octanol–water partition coefficient (Wildman–Crippen LogP) is 1.37. The van der Waals surface area contributed by atoms with E-state index in [4.69, 9.17) is 9.76 Å². The van der Waals surface area contributed by atoms with Crippen molar-refractivity contribution >= 4 is 19.5 Å². The highest BCUT2D eigenvalue weighted by Gasteiger charge is 2.09. The number of benzene rings is 1. The zero-order valence-electron chi connectivity index (χ0n) is 6.73. The molecule has 63 valence electrons. The molecule has 0 atom stereocenters. The van der Waals surface area contributed by atoms with Crippen molar-refractivity contribution in [3.8, 4) is 5.75 Å². The molecule has 0 saturated carbocycles. The molecule has 2 rings (SSSR count). The summed E-state index contributed by atoms with van der Waals surface area (Å²) in [7, 11) is 1.56. The monoisotopic (exact) mass is 173 g/mol. The second-order valence-corrected chi connectivity index (χ2v) is 2.67. The van der Waals surface area contributed by atoms with E-state index in [1.807, 2.05) is 6.08 Å². The molecule has 0 spiro atoms. The van der Waals surface area contributed by atoms with E-state index in [1.165, 1.54) is 6.07 Å². The molecule has 0 amide bonds. The lowest BCUT2D eigenvalue weighted by atomic mass is 9.94. The van der Waals surface area contributed by atoms with Crippen LogP contribution >= 0.6 is 0 Å². The van der Waals surface area contributed by atoms with Crippen LogP contribution in [0.4, 0.5) is 0 Å². The number of carboxylic acid groups (broad SMARTS) is 1. The summed E-state index contributed by atoms with van der Waals surface area (Å²) in [6, 6.07) is 4.76. The summed E-state index contributed by atoms with van der Waals surface area (Å²) in [6.07, 6.45) is 1.81. The molecule has 1 aliphatic rings. The fraction of sp³-hybridized carbons (Fsp3) is 0. The fourth-order valence-corrected chi connectivity index (χ4v) is 1.17. The van der Waals surface area contributed by atoms with Gasteiger partial charge >= 0.3 is 13.5 Å². The minimum absolute atomic E-state index is 0.272. The molecular weight excluding hydrogens is 167 g/mol. The summed E-state index contributed by atoms with van der Waals surface area (Å²) in [5.41, 5.74) is 1.07. The first kappa shape index (κ1) is 7.92. The number of carboxylic acids is 1. The van der Waals surface area contributed by atoms with Crippen LogP contribution < -0.4 is 4.65 Å². The molecule has 1 heterocycles. The summed E-state index contributed by atoms with van der Waals surface area (Å²) >= 11 is 0. The number of hydrogen-bond acceptors (Lipinski definition) is 2. The summed E-state index contributed by atoms with van der Waals surface area (Å²) in [6.45, 7) is 0. The van der Waals surface area contributed by atoms with Crippen molar-refractivity contribution in [3.05, 3.63) is 35.3 Å². The van der Waals surface area contributed by atoms with Gasteiger partial charge < -0.3 is 9.76 Å². The lowest BCUT2D eigenvalue weighted by Crippen LogP contribution is -2.05. The summed E-state index contributed by atoms with van der Waals surface area (Å²) in [4.78, 5) is 10.6. The molecule has 0 aliphatic carbocycles. The lowest BCUT2D eigenvalue weighted by Gasteiger charge is -2.11. The highest BCUT2D eigenvalue weighted by atomic mass is 16.4. The highest BCUT2D eigenvalue weighted by molar-refractivity contribution is 6.37. The van der Waals surface area contributed by atoms with E-state index in [1.54, 1.807) is 25.6 Å². The van der Waals surface area contributed by atoms with Crippen molar-refractivity contribution in [2.75, 3.05) is 0 Å². The summed E-state index contributed by atoms with van der Waals surface area (Å²) in [5.74, 6) is 1.49. The molecule has 4 heteroatoms. The Kier molecular flexibility index (Phi) is 1.81. The van der Waals surface area contributed by atoms with Gasteiger partial charge in [0.2, 0.25) is 0 Å². The molecule has 0 aromatic heterocycles. The molecule has 3 nitrogen and oxygen atoms in total. The smallest absolute Gasteiger partial charge is 0.400 e. The summed E-state index contributed by atoms with van der Waals surface area (Å²) < 4.78 is 5.15. The average Bonchev–Trinajstić information content (AvgIpc) is 2.17. The van der Waals surface area contributed by atoms with Crippen molar-refractivity contribution < 1.29 is 14.6 Å². The first-order valence-corrected chi connectivity index (χ1v) is 3.81. The van der Waals surface area contributed by atoms with E-state index in [0.717, 1.165) is 5.56 Å². The third-order valence-electron chi connectivity index (χ3n) is 1.81. The van der Waals surface area contributed by atoms with Crippen LogP contribution in [0.5, 0.6) is 5.75 Å². The summed E-state index contributed by atoms with van der Waals surface area (Å²) in [5, 5.41) is 8.71. The van der Waals surface area contributed by atoms with Gasteiger partial charge in [-0.3, -0.25) is 0 Å². The maximum Gasteiger partial charge on any atom is 0.400 e. The Labute approximate surface area is 75.9 Å². The Bertz CT molecular complexity index is 384. The van der Waals surface area contributed by atoms with Gasteiger partial charge in [-0.15, -0.1) is 0 Å². The van der Waals surface area contributed by atoms with Crippen LogP contribution in [-0.2, 0) is 0 Å². The van der Waals surface area contributed by atoms with Gasteiger partial charge in [0, 0.05) is 5.56 Å². The third kappa shape index (κ3) is 1.43. The van der Waals surface area contributed by atoms with E-state index >= 15 is 0 Å². The SMILES string of the molecule is O=C(O)c1ccc2c(c1)C=C[B]O2. The minimum Gasteiger partial charge on any atom is -0.558 e. The van der Waals surface area contributed by atoms with Crippen molar-refractivity contribution in [1.29, 1.82) is 0 Å². The van der Waals surface area contributed by atoms with Crippen molar-refractivity contribution in [2.45, 2.75) is 0 Å². The second-order valence-electron chi connectivity index (χ2n) is 2.67. The normalized spacial score (nSPS) is 12.6. The molecule has 1 aromatic carbocycles. The van der Waals surface area contributed by atoms with Crippen molar-refractivity contribution in [1.82, 2.24) is 0 Å². The Morgan fingerprint density at radius 3 is 3.08 bits per heavy atom. The number of carbonyl (C=O) groups is 1. The third-order valence-corrected chi connectivity index (χ3v) is 1.81. The molecule has 13 heavy (non-hydrogen) atoms. The van der Waals surface area contributed by atoms with E-state index in [-0.39, 0.29) is 5.56 Å². The molecule has 0 fully saturated rings. The topological polar surface area (TPSA) is 46.5 Å². The van der Waals surface area contributed by atoms with Gasteiger partial charge in [0.05, 0.1) is 5.56 Å². The van der Waals surface area contributed by atoms with E-state index in [2.05, 4.69) is 0 Å². The average molecular weight is 173 g/mol. The van der Waals surface area contributed by atoms with E-state index in [0.29, 0.717) is 5.75 Å². The standard InChI is InChI=1S/C9H6BO3/c11-9(12)7-1-2-8-6(5-7)3-4-10-13-8/h1-5H,(H,11,12). The van der Waals surface area contributed by atoms with E-state index in [9.17, 15) is 4.79 Å². The van der Waals surface area contributed by atoms with Crippen LogP contribution in [0.1, 0.15) is 15.9 Å². The Morgan fingerprint density at radius 1 is 1.46 bits per heavy atom. The number of aromatic carboxylic acids is 1. The van der Waals surface area contributed by atoms with E-state index < -0.39 is 5.97 Å². The molecule has 1 aliphatic heterocycles.